The third-order valence-electron chi connectivity index (χ3n) is 4.33. The van der Waals surface area contributed by atoms with Gasteiger partial charge in [-0.15, -0.1) is 0 Å². The van der Waals surface area contributed by atoms with Gasteiger partial charge in [0.2, 0.25) is 0 Å². The van der Waals surface area contributed by atoms with Crippen LogP contribution < -0.4 is 15.8 Å². The number of carbonyl (C=O) groups is 1. The Morgan fingerprint density at radius 2 is 2.39 bits per heavy atom. The van der Waals surface area contributed by atoms with Crippen LogP contribution in [0.5, 0.6) is 5.75 Å². The molecule has 0 bridgehead atoms. The van der Waals surface area contributed by atoms with Gasteiger partial charge in [0.1, 0.15) is 28.9 Å². The number of ether oxygens (including phenoxy) is 2. The summed E-state index contributed by atoms with van der Waals surface area (Å²) in [5, 5.41) is 15.8. The molecule has 1 atom stereocenters. The second-order valence-electron chi connectivity index (χ2n) is 6.24. The molecule has 1 amide bonds. The first-order chi connectivity index (χ1) is 13.7. The first kappa shape index (κ1) is 17.7. The first-order valence-electron chi connectivity index (χ1n) is 8.65. The quantitative estimate of drug-likeness (QED) is 0.673. The number of anilines is 2. The van der Waals surface area contributed by atoms with Gasteiger partial charge in [0, 0.05) is 30.4 Å². The molecule has 0 radical (unpaired) electrons. The van der Waals surface area contributed by atoms with Crippen molar-refractivity contribution in [3.05, 3.63) is 42.0 Å². The van der Waals surface area contributed by atoms with Crippen LogP contribution >= 0.6 is 0 Å². The largest absolute Gasteiger partial charge is 0.486 e. The van der Waals surface area contributed by atoms with Gasteiger partial charge < -0.3 is 20.5 Å². The Hall–Kier alpha value is -3.71. The molecule has 4 rings (SSSR count). The standard InChI is InChI=1S/C18H17N7O3/c19-4-1-11-9-25-17(24-16(11)20)13(7-22-25)18(26)23-14-8-21-5-2-15(14)28-12-3-6-27-10-12/h2,5,7-9,12H,1,3,6,10H2,(H2,20,24)(H,23,26). The summed E-state index contributed by atoms with van der Waals surface area (Å²) in [6.07, 6.45) is 6.94. The van der Waals surface area contributed by atoms with Gasteiger partial charge in [0.05, 0.1) is 38.1 Å². The number of aromatic nitrogens is 4. The number of carbonyl (C=O) groups excluding carboxylic acids is 1. The predicted molar refractivity (Wildman–Crippen MR) is 98.8 cm³/mol. The monoisotopic (exact) mass is 379 g/mol. The number of rotatable bonds is 5. The zero-order chi connectivity index (χ0) is 19.5. The fourth-order valence-electron chi connectivity index (χ4n) is 2.90. The highest BCUT2D eigenvalue weighted by Gasteiger charge is 2.21. The van der Waals surface area contributed by atoms with E-state index in [9.17, 15) is 4.79 Å². The third-order valence-corrected chi connectivity index (χ3v) is 4.33. The topological polar surface area (TPSA) is 140 Å². The van der Waals surface area contributed by atoms with Crippen molar-refractivity contribution in [2.75, 3.05) is 24.3 Å². The van der Waals surface area contributed by atoms with E-state index < -0.39 is 5.91 Å². The van der Waals surface area contributed by atoms with E-state index >= 15 is 0 Å². The highest BCUT2D eigenvalue weighted by molar-refractivity contribution is 6.08. The van der Waals surface area contributed by atoms with Gasteiger partial charge in [-0.25, -0.2) is 9.50 Å². The summed E-state index contributed by atoms with van der Waals surface area (Å²) in [7, 11) is 0. The van der Waals surface area contributed by atoms with Crippen molar-refractivity contribution >= 4 is 23.1 Å². The van der Waals surface area contributed by atoms with Gasteiger partial charge in [-0.05, 0) is 0 Å². The molecular weight excluding hydrogens is 362 g/mol. The Kier molecular flexibility index (Phi) is 4.74. The summed E-state index contributed by atoms with van der Waals surface area (Å²) < 4.78 is 12.6. The van der Waals surface area contributed by atoms with Crippen LogP contribution in [0.4, 0.5) is 11.5 Å². The van der Waals surface area contributed by atoms with Crippen molar-refractivity contribution in [1.82, 2.24) is 19.6 Å². The van der Waals surface area contributed by atoms with Crippen molar-refractivity contribution in [3.63, 3.8) is 0 Å². The number of nitrogens with one attached hydrogen (secondary N) is 1. The lowest BCUT2D eigenvalue weighted by Gasteiger charge is -2.15. The Bertz CT molecular complexity index is 1070. The molecule has 0 spiro atoms. The number of hydrogen-bond acceptors (Lipinski definition) is 8. The normalized spacial score (nSPS) is 16.0. The average molecular weight is 379 g/mol. The maximum atomic E-state index is 12.8. The number of nitrogens with two attached hydrogens (primary N) is 1. The van der Waals surface area contributed by atoms with Gasteiger partial charge in [-0.1, -0.05) is 0 Å². The zero-order valence-electron chi connectivity index (χ0n) is 14.8. The molecule has 28 heavy (non-hydrogen) atoms. The number of fused-ring (bicyclic) bond motifs is 1. The van der Waals surface area contributed by atoms with Gasteiger partial charge in [0.25, 0.3) is 5.91 Å². The molecular formula is C18H17N7O3. The molecule has 10 heteroatoms. The van der Waals surface area contributed by atoms with E-state index in [0.717, 1.165) is 6.42 Å². The number of nitrogen functional groups attached to an aromatic ring is 1. The third kappa shape index (κ3) is 3.43. The van der Waals surface area contributed by atoms with Crippen LogP contribution in [0.1, 0.15) is 22.3 Å². The molecule has 3 aromatic rings. The summed E-state index contributed by atoms with van der Waals surface area (Å²) in [6.45, 7) is 1.17. The molecule has 142 valence electrons. The van der Waals surface area contributed by atoms with E-state index in [-0.39, 0.29) is 23.9 Å². The second kappa shape index (κ2) is 7.50. The Labute approximate surface area is 159 Å². The highest BCUT2D eigenvalue weighted by Crippen LogP contribution is 2.26. The SMILES string of the molecule is N#CCc1cn2ncc(C(=O)Nc3cnccc3OC3CCOC3)c2nc1N. The van der Waals surface area contributed by atoms with Crippen molar-refractivity contribution in [2.45, 2.75) is 18.9 Å². The number of hydrogen-bond donors (Lipinski definition) is 2. The number of nitrogens with zero attached hydrogens (tertiary/aromatic N) is 5. The van der Waals surface area contributed by atoms with Gasteiger partial charge in [-0.2, -0.15) is 10.4 Å². The lowest BCUT2D eigenvalue weighted by atomic mass is 10.2. The van der Waals surface area contributed by atoms with Crippen LogP contribution in [-0.4, -0.2) is 44.8 Å². The van der Waals surface area contributed by atoms with Crippen molar-refractivity contribution in [1.29, 1.82) is 5.26 Å². The summed E-state index contributed by atoms with van der Waals surface area (Å²) in [5.41, 5.74) is 7.42. The molecule has 0 saturated carbocycles. The molecule has 10 nitrogen and oxygen atoms in total. The summed E-state index contributed by atoms with van der Waals surface area (Å²) in [5.74, 6) is 0.282. The fourth-order valence-corrected chi connectivity index (χ4v) is 2.90. The molecule has 1 saturated heterocycles. The molecule has 1 fully saturated rings. The maximum absolute atomic E-state index is 12.8. The molecule has 0 aromatic carbocycles. The van der Waals surface area contributed by atoms with Crippen molar-refractivity contribution < 1.29 is 14.3 Å². The van der Waals surface area contributed by atoms with Crippen LogP contribution in [-0.2, 0) is 11.2 Å². The van der Waals surface area contributed by atoms with E-state index in [0.29, 0.717) is 35.9 Å². The van der Waals surface area contributed by atoms with Crippen LogP contribution in [0.2, 0.25) is 0 Å². The predicted octanol–water partition coefficient (Wildman–Crippen LogP) is 1.19. The minimum atomic E-state index is -0.421. The summed E-state index contributed by atoms with van der Waals surface area (Å²) in [6, 6.07) is 3.71. The van der Waals surface area contributed by atoms with Gasteiger partial charge in [-0.3, -0.25) is 9.78 Å². The van der Waals surface area contributed by atoms with Crippen molar-refractivity contribution in [2.24, 2.45) is 0 Å². The minimum Gasteiger partial charge on any atom is -0.486 e. The summed E-state index contributed by atoms with van der Waals surface area (Å²) >= 11 is 0. The lowest BCUT2D eigenvalue weighted by molar-refractivity contribution is 0.102. The van der Waals surface area contributed by atoms with Crippen LogP contribution in [0.3, 0.4) is 0 Å². The number of amides is 1. The number of nitriles is 1. The lowest BCUT2D eigenvalue weighted by Crippen LogP contribution is -2.18. The molecule has 1 aliphatic rings. The first-order valence-corrected chi connectivity index (χ1v) is 8.65. The Morgan fingerprint density at radius 1 is 1.50 bits per heavy atom. The van der Waals surface area contributed by atoms with Crippen LogP contribution in [0, 0.1) is 11.3 Å². The van der Waals surface area contributed by atoms with Crippen LogP contribution in [0.25, 0.3) is 5.65 Å². The maximum Gasteiger partial charge on any atom is 0.261 e. The van der Waals surface area contributed by atoms with Gasteiger partial charge in [0.15, 0.2) is 5.65 Å². The van der Waals surface area contributed by atoms with E-state index in [1.54, 1.807) is 18.5 Å². The van der Waals surface area contributed by atoms with Crippen molar-refractivity contribution in [3.8, 4) is 11.8 Å². The molecule has 4 heterocycles. The molecule has 1 unspecified atom stereocenters. The van der Waals surface area contributed by atoms with Gasteiger partial charge >= 0.3 is 0 Å². The zero-order valence-corrected chi connectivity index (χ0v) is 14.8. The highest BCUT2D eigenvalue weighted by atomic mass is 16.5. The molecule has 1 aliphatic heterocycles. The Balaban J connectivity index is 1.59. The molecule has 3 N–H and O–H groups in total. The van der Waals surface area contributed by atoms with E-state index in [2.05, 4.69) is 20.4 Å². The molecule has 3 aromatic heterocycles. The minimum absolute atomic E-state index is 0.0601. The summed E-state index contributed by atoms with van der Waals surface area (Å²) in [4.78, 5) is 21.1. The fraction of sp³-hybridized carbons (Fsp3) is 0.278. The molecule has 0 aliphatic carbocycles. The van der Waals surface area contributed by atoms with E-state index in [4.69, 9.17) is 20.5 Å². The smallest absolute Gasteiger partial charge is 0.261 e. The van der Waals surface area contributed by atoms with E-state index in [1.165, 1.54) is 16.9 Å². The Morgan fingerprint density at radius 3 is 3.18 bits per heavy atom. The average Bonchev–Trinajstić information content (AvgIpc) is 3.33. The second-order valence-corrected chi connectivity index (χ2v) is 6.24. The van der Waals surface area contributed by atoms with E-state index in [1.807, 2.05) is 6.07 Å². The van der Waals surface area contributed by atoms with Crippen LogP contribution in [0.15, 0.2) is 30.9 Å². The number of pyridine rings is 1.